The molecule has 0 spiro atoms. The molecule has 0 amide bonds. The van der Waals surface area contributed by atoms with Crippen LogP contribution in [0.15, 0.2) is 18.2 Å². The summed E-state index contributed by atoms with van der Waals surface area (Å²) in [6.45, 7) is 5.04. The summed E-state index contributed by atoms with van der Waals surface area (Å²) in [7, 11) is 2.05. The van der Waals surface area contributed by atoms with Gasteiger partial charge >= 0.3 is 0 Å². The van der Waals surface area contributed by atoms with Crippen molar-refractivity contribution >= 4 is 17.2 Å². The molecule has 2 nitrogen and oxygen atoms in total. The second-order valence-corrected chi connectivity index (χ2v) is 5.21. The van der Waals surface area contributed by atoms with Gasteiger partial charge in [0.2, 0.25) is 0 Å². The number of nitrogens with two attached hydrogens (primary N) is 1. The lowest BCUT2D eigenvalue weighted by Gasteiger charge is -2.24. The third kappa shape index (κ3) is 4.35. The van der Waals surface area contributed by atoms with Gasteiger partial charge in [0.15, 0.2) is 0 Å². The summed E-state index contributed by atoms with van der Waals surface area (Å²) < 4.78 is 13.5. The van der Waals surface area contributed by atoms with Crippen molar-refractivity contribution in [3.8, 4) is 0 Å². The quantitative estimate of drug-likeness (QED) is 0.804. The topological polar surface area (TPSA) is 29.3 Å². The first-order valence-electron chi connectivity index (χ1n) is 6.23. The van der Waals surface area contributed by atoms with Gasteiger partial charge < -0.3 is 5.73 Å². The Kier molecular flexibility index (Phi) is 5.69. The average Bonchev–Trinajstić information content (AvgIpc) is 2.28. The van der Waals surface area contributed by atoms with E-state index in [4.69, 9.17) is 18.0 Å². The molecule has 100 valence electrons. The molecule has 0 aliphatic heterocycles. The molecule has 0 saturated heterocycles. The van der Waals surface area contributed by atoms with Crippen LogP contribution in [0.2, 0.25) is 0 Å². The number of benzene rings is 1. The van der Waals surface area contributed by atoms with E-state index in [-0.39, 0.29) is 10.8 Å². The minimum atomic E-state index is -0.285. The Morgan fingerprint density at radius 3 is 2.67 bits per heavy atom. The molecule has 0 aliphatic rings. The molecule has 1 unspecified atom stereocenters. The van der Waals surface area contributed by atoms with Crippen LogP contribution in [0.25, 0.3) is 0 Å². The van der Waals surface area contributed by atoms with Gasteiger partial charge in [-0.25, -0.2) is 4.39 Å². The Hall–Kier alpha value is -1.00. The molecule has 0 saturated carbocycles. The molecule has 4 heteroatoms. The molecular formula is C14H21FN2S. The minimum absolute atomic E-state index is 0.236. The van der Waals surface area contributed by atoms with Crippen LogP contribution in [0, 0.1) is 5.82 Å². The predicted octanol–water partition coefficient (Wildman–Crippen LogP) is 3.08. The van der Waals surface area contributed by atoms with Crippen LogP contribution < -0.4 is 5.73 Å². The monoisotopic (exact) mass is 268 g/mol. The minimum Gasteiger partial charge on any atom is -0.389 e. The van der Waals surface area contributed by atoms with Crippen molar-refractivity contribution in [2.24, 2.45) is 5.73 Å². The van der Waals surface area contributed by atoms with E-state index in [0.29, 0.717) is 18.2 Å². The van der Waals surface area contributed by atoms with Crippen LogP contribution in [0.5, 0.6) is 0 Å². The second-order valence-electron chi connectivity index (χ2n) is 4.77. The van der Waals surface area contributed by atoms with Crippen molar-refractivity contribution in [2.75, 3.05) is 7.05 Å². The molecule has 0 fully saturated rings. The van der Waals surface area contributed by atoms with Crippen LogP contribution >= 0.6 is 12.2 Å². The van der Waals surface area contributed by atoms with Crippen LogP contribution in [0.4, 0.5) is 4.39 Å². The average molecular weight is 268 g/mol. The number of thiocarbonyl (C=S) groups is 1. The van der Waals surface area contributed by atoms with Crippen LogP contribution in [-0.4, -0.2) is 23.0 Å². The van der Waals surface area contributed by atoms with Gasteiger partial charge in [0, 0.05) is 18.2 Å². The zero-order chi connectivity index (χ0) is 13.7. The maximum absolute atomic E-state index is 13.5. The molecule has 1 atom stereocenters. The zero-order valence-electron chi connectivity index (χ0n) is 11.2. The van der Waals surface area contributed by atoms with Gasteiger partial charge in [0.1, 0.15) is 10.8 Å². The van der Waals surface area contributed by atoms with Gasteiger partial charge in [-0.1, -0.05) is 25.6 Å². The number of rotatable bonds is 6. The van der Waals surface area contributed by atoms with E-state index in [0.717, 1.165) is 18.4 Å². The summed E-state index contributed by atoms with van der Waals surface area (Å²) in [6, 6.07) is 5.25. The van der Waals surface area contributed by atoms with E-state index >= 15 is 0 Å². The fourth-order valence-corrected chi connectivity index (χ4v) is 2.08. The maximum atomic E-state index is 13.5. The van der Waals surface area contributed by atoms with Gasteiger partial charge in [-0.2, -0.15) is 0 Å². The zero-order valence-corrected chi connectivity index (χ0v) is 12.1. The summed E-state index contributed by atoms with van der Waals surface area (Å²) in [4.78, 5) is 2.45. The van der Waals surface area contributed by atoms with E-state index in [1.807, 2.05) is 13.1 Å². The van der Waals surface area contributed by atoms with Gasteiger partial charge in [-0.3, -0.25) is 4.90 Å². The highest BCUT2D eigenvalue weighted by Crippen LogP contribution is 2.14. The predicted molar refractivity (Wildman–Crippen MR) is 78.1 cm³/mol. The third-order valence-corrected chi connectivity index (χ3v) is 3.37. The standard InChI is InChI=1S/C14H21FN2S/c1-4-5-10(2)17(3)9-11-6-12(14(16)18)8-13(15)7-11/h6-8,10H,4-5,9H2,1-3H3,(H2,16,18). The Balaban J connectivity index is 2.81. The Labute approximate surface area is 114 Å². The summed E-state index contributed by atoms with van der Waals surface area (Å²) in [5.41, 5.74) is 7.04. The van der Waals surface area contributed by atoms with Gasteiger partial charge in [-0.05, 0) is 44.2 Å². The van der Waals surface area contributed by atoms with E-state index in [1.54, 1.807) is 0 Å². The maximum Gasteiger partial charge on any atom is 0.124 e. The lowest BCUT2D eigenvalue weighted by atomic mass is 10.1. The number of halogens is 1. The number of hydrogen-bond donors (Lipinski definition) is 1. The van der Waals surface area contributed by atoms with E-state index < -0.39 is 0 Å². The lowest BCUT2D eigenvalue weighted by molar-refractivity contribution is 0.236. The molecule has 1 aromatic carbocycles. The molecule has 1 aromatic rings. The molecule has 1 rings (SSSR count). The van der Waals surface area contributed by atoms with Crippen molar-refractivity contribution in [3.05, 3.63) is 35.1 Å². The fourth-order valence-electron chi connectivity index (χ4n) is 1.97. The van der Waals surface area contributed by atoms with Crippen molar-refractivity contribution in [1.82, 2.24) is 4.90 Å². The summed E-state index contributed by atoms with van der Waals surface area (Å²) in [5.74, 6) is -0.285. The summed E-state index contributed by atoms with van der Waals surface area (Å²) >= 11 is 4.89. The SMILES string of the molecule is CCCC(C)N(C)Cc1cc(F)cc(C(N)=S)c1. The van der Waals surface area contributed by atoms with Crippen molar-refractivity contribution in [1.29, 1.82) is 0 Å². The van der Waals surface area contributed by atoms with Crippen LogP contribution in [0.1, 0.15) is 37.8 Å². The van der Waals surface area contributed by atoms with Crippen molar-refractivity contribution in [3.63, 3.8) is 0 Å². The molecule has 0 heterocycles. The smallest absolute Gasteiger partial charge is 0.124 e. The van der Waals surface area contributed by atoms with Gasteiger partial charge in [0.25, 0.3) is 0 Å². The molecule has 0 bridgehead atoms. The normalized spacial score (nSPS) is 12.7. The van der Waals surface area contributed by atoms with Gasteiger partial charge in [-0.15, -0.1) is 0 Å². The van der Waals surface area contributed by atoms with Crippen LogP contribution in [-0.2, 0) is 6.54 Å². The highest BCUT2D eigenvalue weighted by atomic mass is 32.1. The van der Waals surface area contributed by atoms with Gasteiger partial charge in [0.05, 0.1) is 0 Å². The van der Waals surface area contributed by atoms with Crippen molar-refractivity contribution < 1.29 is 4.39 Å². The molecule has 0 radical (unpaired) electrons. The summed E-state index contributed by atoms with van der Waals surface area (Å²) in [6.07, 6.45) is 2.28. The molecular weight excluding hydrogens is 247 g/mol. The highest BCUT2D eigenvalue weighted by molar-refractivity contribution is 7.80. The second kappa shape index (κ2) is 6.81. The first kappa shape index (κ1) is 15.1. The Morgan fingerprint density at radius 2 is 2.11 bits per heavy atom. The Bertz CT molecular complexity index is 420. The third-order valence-electron chi connectivity index (χ3n) is 3.13. The highest BCUT2D eigenvalue weighted by Gasteiger charge is 2.10. The van der Waals surface area contributed by atoms with E-state index in [9.17, 15) is 4.39 Å². The molecule has 2 N–H and O–H groups in total. The Morgan fingerprint density at radius 1 is 1.44 bits per heavy atom. The van der Waals surface area contributed by atoms with Crippen molar-refractivity contribution in [2.45, 2.75) is 39.3 Å². The molecule has 0 aromatic heterocycles. The first-order chi connectivity index (χ1) is 8.43. The molecule has 18 heavy (non-hydrogen) atoms. The number of nitrogens with zero attached hydrogens (tertiary/aromatic N) is 1. The molecule has 0 aliphatic carbocycles. The largest absolute Gasteiger partial charge is 0.389 e. The lowest BCUT2D eigenvalue weighted by Crippen LogP contribution is -2.28. The number of hydrogen-bond acceptors (Lipinski definition) is 2. The fraction of sp³-hybridized carbons (Fsp3) is 0.500. The van der Waals surface area contributed by atoms with E-state index in [2.05, 4.69) is 18.7 Å². The van der Waals surface area contributed by atoms with E-state index in [1.165, 1.54) is 12.1 Å². The van der Waals surface area contributed by atoms with Crippen LogP contribution in [0.3, 0.4) is 0 Å². The summed E-state index contributed by atoms with van der Waals surface area (Å²) in [5, 5.41) is 0. The first-order valence-corrected chi connectivity index (χ1v) is 6.64.